The average molecular weight is 201 g/mol. The number of aromatic nitrogens is 2. The number of hydrogen-bond donors (Lipinski definition) is 2. The van der Waals surface area contributed by atoms with Crippen molar-refractivity contribution in [3.8, 4) is 0 Å². The van der Waals surface area contributed by atoms with Crippen LogP contribution in [-0.4, -0.2) is 22.6 Å². The second-order valence-corrected chi connectivity index (χ2v) is 4.23. The van der Waals surface area contributed by atoms with Crippen molar-refractivity contribution in [2.24, 2.45) is 0 Å². The van der Waals surface area contributed by atoms with Crippen LogP contribution in [0.15, 0.2) is 24.4 Å². The van der Waals surface area contributed by atoms with E-state index in [1.165, 1.54) is 30.5 Å². The molecule has 0 aliphatic carbocycles. The van der Waals surface area contributed by atoms with E-state index in [0.29, 0.717) is 6.04 Å². The summed E-state index contributed by atoms with van der Waals surface area (Å²) in [7, 11) is 0. The number of pyridine rings is 1. The third-order valence-corrected chi connectivity index (χ3v) is 3.08. The molecule has 3 heterocycles. The minimum Gasteiger partial charge on any atom is -0.343 e. The fourth-order valence-corrected chi connectivity index (χ4v) is 2.32. The predicted octanol–water partition coefficient (Wildman–Crippen LogP) is 1.86. The van der Waals surface area contributed by atoms with Gasteiger partial charge in [-0.05, 0) is 37.6 Å². The topological polar surface area (TPSA) is 40.7 Å². The molecule has 2 aromatic rings. The molecule has 1 saturated heterocycles. The summed E-state index contributed by atoms with van der Waals surface area (Å²) in [5, 5.41) is 4.72. The van der Waals surface area contributed by atoms with Crippen molar-refractivity contribution in [3.05, 3.63) is 30.1 Å². The quantitative estimate of drug-likeness (QED) is 0.778. The number of H-pyrrole nitrogens is 1. The van der Waals surface area contributed by atoms with Gasteiger partial charge in [0.1, 0.15) is 5.65 Å². The maximum absolute atomic E-state index is 4.30. The standard InChI is InChI=1S/C12H15N3/c1-3-9-7-11(15-12(9)14-6-1)8-10-4-2-5-13-10/h1,3,6-7,10,13H,2,4-5,8H2,(H,14,15)/t10-/m1/s1. The summed E-state index contributed by atoms with van der Waals surface area (Å²) < 4.78 is 0. The first kappa shape index (κ1) is 8.92. The summed E-state index contributed by atoms with van der Waals surface area (Å²) in [5.74, 6) is 0. The normalized spacial score (nSPS) is 21.2. The van der Waals surface area contributed by atoms with E-state index in [1.807, 2.05) is 12.3 Å². The zero-order valence-electron chi connectivity index (χ0n) is 8.66. The van der Waals surface area contributed by atoms with Gasteiger partial charge < -0.3 is 10.3 Å². The Labute approximate surface area is 88.9 Å². The van der Waals surface area contributed by atoms with Crippen molar-refractivity contribution < 1.29 is 0 Å². The van der Waals surface area contributed by atoms with Gasteiger partial charge in [0.2, 0.25) is 0 Å². The molecule has 0 radical (unpaired) electrons. The van der Waals surface area contributed by atoms with Gasteiger partial charge in [0.15, 0.2) is 0 Å². The zero-order chi connectivity index (χ0) is 10.1. The Bertz CT molecular complexity index is 422. The molecule has 3 nitrogen and oxygen atoms in total. The van der Waals surface area contributed by atoms with Gasteiger partial charge in [0, 0.05) is 29.7 Å². The molecule has 1 aliphatic rings. The summed E-state index contributed by atoms with van der Waals surface area (Å²) in [6.07, 6.45) is 5.53. The SMILES string of the molecule is c1cnc2[nH]c(C[C@H]3CCCN3)cc2c1. The molecule has 2 aromatic heterocycles. The van der Waals surface area contributed by atoms with Gasteiger partial charge in [0.05, 0.1) is 0 Å². The number of nitrogens with zero attached hydrogens (tertiary/aromatic N) is 1. The molecule has 1 atom stereocenters. The van der Waals surface area contributed by atoms with E-state index in [-0.39, 0.29) is 0 Å². The van der Waals surface area contributed by atoms with Crippen molar-refractivity contribution in [3.63, 3.8) is 0 Å². The Balaban J connectivity index is 1.84. The lowest BCUT2D eigenvalue weighted by Crippen LogP contribution is -2.23. The van der Waals surface area contributed by atoms with Gasteiger partial charge in [-0.25, -0.2) is 4.98 Å². The number of nitrogens with one attached hydrogen (secondary N) is 2. The van der Waals surface area contributed by atoms with Crippen LogP contribution in [-0.2, 0) is 6.42 Å². The highest BCUT2D eigenvalue weighted by atomic mass is 14.9. The summed E-state index contributed by atoms with van der Waals surface area (Å²) in [6.45, 7) is 1.17. The first-order valence-corrected chi connectivity index (χ1v) is 5.58. The van der Waals surface area contributed by atoms with E-state index in [0.717, 1.165) is 12.1 Å². The molecule has 0 saturated carbocycles. The molecule has 0 unspecified atom stereocenters. The fourth-order valence-electron chi connectivity index (χ4n) is 2.32. The Morgan fingerprint density at radius 3 is 3.27 bits per heavy atom. The van der Waals surface area contributed by atoms with Crippen molar-refractivity contribution in [1.29, 1.82) is 0 Å². The van der Waals surface area contributed by atoms with Gasteiger partial charge >= 0.3 is 0 Å². The molecule has 1 fully saturated rings. The number of hydrogen-bond acceptors (Lipinski definition) is 2. The van der Waals surface area contributed by atoms with Crippen LogP contribution < -0.4 is 5.32 Å². The molecule has 0 aromatic carbocycles. The highest BCUT2D eigenvalue weighted by Crippen LogP contribution is 2.16. The molecule has 78 valence electrons. The van der Waals surface area contributed by atoms with E-state index >= 15 is 0 Å². The summed E-state index contributed by atoms with van der Waals surface area (Å²) >= 11 is 0. The van der Waals surface area contributed by atoms with Crippen LogP contribution in [0, 0.1) is 0 Å². The van der Waals surface area contributed by atoms with E-state index in [9.17, 15) is 0 Å². The molecule has 0 amide bonds. The lowest BCUT2D eigenvalue weighted by molar-refractivity contribution is 0.597. The van der Waals surface area contributed by atoms with Crippen LogP contribution in [0.3, 0.4) is 0 Å². The minimum absolute atomic E-state index is 0.651. The minimum atomic E-state index is 0.651. The fraction of sp³-hybridized carbons (Fsp3) is 0.417. The van der Waals surface area contributed by atoms with Crippen molar-refractivity contribution in [1.82, 2.24) is 15.3 Å². The van der Waals surface area contributed by atoms with Crippen LogP contribution >= 0.6 is 0 Å². The summed E-state index contributed by atoms with van der Waals surface area (Å²) in [5.41, 5.74) is 2.30. The molecule has 15 heavy (non-hydrogen) atoms. The Hall–Kier alpha value is -1.35. The van der Waals surface area contributed by atoms with Crippen molar-refractivity contribution in [2.45, 2.75) is 25.3 Å². The summed E-state index contributed by atoms with van der Waals surface area (Å²) in [6, 6.07) is 6.94. The molecule has 2 N–H and O–H groups in total. The van der Waals surface area contributed by atoms with Gasteiger partial charge in [-0.15, -0.1) is 0 Å². The van der Waals surface area contributed by atoms with Crippen LogP contribution in [0.2, 0.25) is 0 Å². The largest absolute Gasteiger partial charge is 0.343 e. The van der Waals surface area contributed by atoms with Gasteiger partial charge in [-0.3, -0.25) is 0 Å². The maximum Gasteiger partial charge on any atom is 0.137 e. The third-order valence-electron chi connectivity index (χ3n) is 3.08. The third kappa shape index (κ3) is 1.75. The van der Waals surface area contributed by atoms with Crippen molar-refractivity contribution in [2.75, 3.05) is 6.54 Å². The van der Waals surface area contributed by atoms with E-state index in [1.54, 1.807) is 0 Å². The number of rotatable bonds is 2. The highest BCUT2D eigenvalue weighted by Gasteiger charge is 2.15. The molecular formula is C12H15N3. The smallest absolute Gasteiger partial charge is 0.137 e. The lowest BCUT2D eigenvalue weighted by atomic mass is 10.1. The zero-order valence-corrected chi connectivity index (χ0v) is 8.66. The second-order valence-electron chi connectivity index (χ2n) is 4.23. The molecule has 3 heteroatoms. The number of aromatic amines is 1. The van der Waals surface area contributed by atoms with Gasteiger partial charge in [-0.1, -0.05) is 0 Å². The highest BCUT2D eigenvalue weighted by molar-refractivity contribution is 5.76. The van der Waals surface area contributed by atoms with Crippen LogP contribution in [0.1, 0.15) is 18.5 Å². The predicted molar refractivity (Wildman–Crippen MR) is 60.8 cm³/mol. The summed E-state index contributed by atoms with van der Waals surface area (Å²) in [4.78, 5) is 7.67. The number of fused-ring (bicyclic) bond motifs is 1. The maximum atomic E-state index is 4.30. The van der Waals surface area contributed by atoms with Crippen LogP contribution in [0.5, 0.6) is 0 Å². The van der Waals surface area contributed by atoms with Crippen molar-refractivity contribution >= 4 is 11.0 Å². The van der Waals surface area contributed by atoms with E-state index < -0.39 is 0 Å². The van der Waals surface area contributed by atoms with Gasteiger partial charge in [0.25, 0.3) is 0 Å². The Morgan fingerprint density at radius 1 is 1.47 bits per heavy atom. The second kappa shape index (κ2) is 3.66. The molecular weight excluding hydrogens is 186 g/mol. The monoisotopic (exact) mass is 201 g/mol. The van der Waals surface area contributed by atoms with Gasteiger partial charge in [-0.2, -0.15) is 0 Å². The van der Waals surface area contributed by atoms with Crippen LogP contribution in [0.4, 0.5) is 0 Å². The molecule has 3 rings (SSSR count). The average Bonchev–Trinajstić information content (AvgIpc) is 2.86. The van der Waals surface area contributed by atoms with E-state index in [2.05, 4.69) is 27.4 Å². The first-order chi connectivity index (χ1) is 7.42. The molecule has 1 aliphatic heterocycles. The van der Waals surface area contributed by atoms with E-state index in [4.69, 9.17) is 0 Å². The van der Waals surface area contributed by atoms with Crippen LogP contribution in [0.25, 0.3) is 11.0 Å². The molecule has 0 spiro atoms. The Kier molecular flexibility index (Phi) is 2.18. The molecule has 0 bridgehead atoms. The lowest BCUT2D eigenvalue weighted by Gasteiger charge is -2.07. The first-order valence-electron chi connectivity index (χ1n) is 5.58. The Morgan fingerprint density at radius 2 is 2.47 bits per heavy atom.